The molecule has 1 heterocycles. The molecular weight excluding hydrogens is 341 g/mol. The lowest BCUT2D eigenvalue weighted by atomic mass is 10.3. The Hall–Kier alpha value is -2.84. The van der Waals surface area contributed by atoms with E-state index in [1.165, 1.54) is 24.3 Å². The molecule has 0 aromatic heterocycles. The third kappa shape index (κ3) is 5.61. The van der Waals surface area contributed by atoms with Crippen LogP contribution in [0.5, 0.6) is 0 Å². The maximum Gasteiger partial charge on any atom is 0.409 e. The molecule has 1 saturated heterocycles. The van der Waals surface area contributed by atoms with E-state index in [2.05, 4.69) is 15.6 Å². The molecule has 0 saturated carbocycles. The molecule has 0 unspecified atom stereocenters. The van der Waals surface area contributed by atoms with Gasteiger partial charge in [0.2, 0.25) is 5.91 Å². The van der Waals surface area contributed by atoms with Crippen molar-refractivity contribution in [2.24, 2.45) is 4.99 Å². The van der Waals surface area contributed by atoms with Crippen molar-refractivity contribution in [2.45, 2.75) is 6.92 Å². The fourth-order valence-corrected chi connectivity index (χ4v) is 2.55. The van der Waals surface area contributed by atoms with Crippen LogP contribution in [0.1, 0.15) is 6.92 Å². The fourth-order valence-electron chi connectivity index (χ4n) is 2.55. The fraction of sp³-hybridized carbons (Fsp3) is 0.471. The zero-order chi connectivity index (χ0) is 18.9. The highest BCUT2D eigenvalue weighted by atomic mass is 19.1. The Balaban J connectivity index is 1.78. The number of hydrogen-bond donors (Lipinski definition) is 2. The molecule has 0 aliphatic carbocycles. The smallest absolute Gasteiger partial charge is 0.409 e. The van der Waals surface area contributed by atoms with Crippen LogP contribution in [0.4, 0.5) is 14.9 Å². The van der Waals surface area contributed by atoms with Crippen LogP contribution in [0.3, 0.4) is 0 Å². The molecule has 1 aliphatic heterocycles. The van der Waals surface area contributed by atoms with Gasteiger partial charge in [0, 0.05) is 38.9 Å². The van der Waals surface area contributed by atoms with Gasteiger partial charge in [0.15, 0.2) is 5.96 Å². The Morgan fingerprint density at radius 2 is 1.77 bits per heavy atom. The maximum atomic E-state index is 12.9. The lowest BCUT2D eigenvalue weighted by molar-refractivity contribution is -0.115. The van der Waals surface area contributed by atoms with Crippen LogP contribution < -0.4 is 10.6 Å². The van der Waals surface area contributed by atoms with Crippen LogP contribution in [0.15, 0.2) is 29.3 Å². The van der Waals surface area contributed by atoms with Crippen molar-refractivity contribution in [3.8, 4) is 0 Å². The van der Waals surface area contributed by atoms with E-state index in [1.54, 1.807) is 18.9 Å². The van der Waals surface area contributed by atoms with E-state index in [-0.39, 0.29) is 24.4 Å². The molecule has 142 valence electrons. The lowest BCUT2D eigenvalue weighted by Crippen LogP contribution is -2.54. The first kappa shape index (κ1) is 19.5. The summed E-state index contributed by atoms with van der Waals surface area (Å²) in [6.45, 7) is 4.41. The molecule has 0 bridgehead atoms. The number of amides is 2. The second-order valence-electron chi connectivity index (χ2n) is 5.63. The van der Waals surface area contributed by atoms with Gasteiger partial charge in [0.05, 0.1) is 13.2 Å². The van der Waals surface area contributed by atoms with E-state index in [9.17, 15) is 14.0 Å². The number of nitrogens with zero attached hydrogens (tertiary/aromatic N) is 3. The van der Waals surface area contributed by atoms with Gasteiger partial charge >= 0.3 is 6.09 Å². The van der Waals surface area contributed by atoms with Gasteiger partial charge in [-0.1, -0.05) is 0 Å². The molecular formula is C17H24FN5O3. The third-order valence-corrected chi connectivity index (χ3v) is 3.85. The second kappa shape index (κ2) is 9.59. The highest BCUT2D eigenvalue weighted by Crippen LogP contribution is 2.08. The van der Waals surface area contributed by atoms with E-state index in [4.69, 9.17) is 4.74 Å². The Kier molecular flexibility index (Phi) is 7.19. The predicted molar refractivity (Wildman–Crippen MR) is 96.6 cm³/mol. The van der Waals surface area contributed by atoms with Crippen LogP contribution >= 0.6 is 0 Å². The monoisotopic (exact) mass is 365 g/mol. The summed E-state index contributed by atoms with van der Waals surface area (Å²) in [5, 5.41) is 5.67. The number of ether oxygens (including phenoxy) is 1. The standard InChI is InChI=1S/C17H24FN5O3/c1-3-26-17(25)23-10-8-22(9-11-23)16(19-2)20-12-15(24)21-14-6-4-13(18)5-7-14/h4-7H,3,8-12H2,1-2H3,(H,19,20)(H,21,24). The number of anilines is 1. The summed E-state index contributed by atoms with van der Waals surface area (Å²) in [6.07, 6.45) is -0.311. The molecule has 2 N–H and O–H groups in total. The van der Waals surface area contributed by atoms with Crippen molar-refractivity contribution in [1.82, 2.24) is 15.1 Å². The number of halogens is 1. The number of benzene rings is 1. The van der Waals surface area contributed by atoms with Crippen molar-refractivity contribution < 1.29 is 18.7 Å². The Morgan fingerprint density at radius 1 is 1.15 bits per heavy atom. The molecule has 1 aliphatic rings. The lowest BCUT2D eigenvalue weighted by Gasteiger charge is -2.35. The number of aliphatic imine (C=N–C) groups is 1. The van der Waals surface area contributed by atoms with Gasteiger partial charge in [-0.2, -0.15) is 0 Å². The zero-order valence-corrected chi connectivity index (χ0v) is 15.0. The average molecular weight is 365 g/mol. The summed E-state index contributed by atoms with van der Waals surface area (Å²) >= 11 is 0. The Labute approximate surface area is 152 Å². The van der Waals surface area contributed by atoms with Gasteiger partial charge in [-0.25, -0.2) is 9.18 Å². The van der Waals surface area contributed by atoms with Gasteiger partial charge in [-0.15, -0.1) is 0 Å². The summed E-state index contributed by atoms with van der Waals surface area (Å²) in [6, 6.07) is 5.56. The van der Waals surface area contributed by atoms with Crippen molar-refractivity contribution in [3.05, 3.63) is 30.1 Å². The van der Waals surface area contributed by atoms with Crippen molar-refractivity contribution in [3.63, 3.8) is 0 Å². The van der Waals surface area contributed by atoms with E-state index >= 15 is 0 Å². The number of hydrogen-bond acceptors (Lipinski definition) is 4. The van der Waals surface area contributed by atoms with Crippen molar-refractivity contribution in [1.29, 1.82) is 0 Å². The number of nitrogens with one attached hydrogen (secondary N) is 2. The Bertz CT molecular complexity index is 642. The molecule has 1 aromatic carbocycles. The van der Waals surface area contributed by atoms with Gasteiger partial charge in [-0.05, 0) is 31.2 Å². The quantitative estimate of drug-likeness (QED) is 0.617. The number of guanidine groups is 1. The highest BCUT2D eigenvalue weighted by Gasteiger charge is 2.23. The van der Waals surface area contributed by atoms with Crippen LogP contribution in [0.25, 0.3) is 0 Å². The Morgan fingerprint density at radius 3 is 2.35 bits per heavy atom. The van der Waals surface area contributed by atoms with Crippen LogP contribution in [0.2, 0.25) is 0 Å². The zero-order valence-electron chi connectivity index (χ0n) is 15.0. The number of rotatable bonds is 4. The van der Waals surface area contributed by atoms with Crippen molar-refractivity contribution in [2.75, 3.05) is 51.7 Å². The molecule has 1 fully saturated rings. The van der Waals surface area contributed by atoms with Gasteiger partial charge in [0.25, 0.3) is 0 Å². The molecule has 2 amide bonds. The van der Waals surface area contributed by atoms with Gasteiger partial charge < -0.3 is 25.2 Å². The molecule has 26 heavy (non-hydrogen) atoms. The molecule has 1 aromatic rings. The summed E-state index contributed by atoms with van der Waals surface area (Å²) < 4.78 is 17.9. The first-order chi connectivity index (χ1) is 12.5. The van der Waals surface area contributed by atoms with Crippen LogP contribution in [-0.4, -0.2) is 74.1 Å². The van der Waals surface area contributed by atoms with E-state index in [0.717, 1.165) is 0 Å². The minimum Gasteiger partial charge on any atom is -0.450 e. The molecule has 0 radical (unpaired) electrons. The van der Waals surface area contributed by atoms with Gasteiger partial charge in [-0.3, -0.25) is 9.79 Å². The topological polar surface area (TPSA) is 86.3 Å². The maximum absolute atomic E-state index is 12.9. The predicted octanol–water partition coefficient (Wildman–Crippen LogP) is 1.11. The molecule has 0 spiro atoms. The average Bonchev–Trinajstić information content (AvgIpc) is 2.65. The minimum absolute atomic E-state index is 0.0299. The summed E-state index contributed by atoms with van der Waals surface area (Å²) in [5.74, 6) is -0.0332. The minimum atomic E-state index is -0.358. The first-order valence-electron chi connectivity index (χ1n) is 8.46. The van der Waals surface area contributed by atoms with E-state index in [1.807, 2.05) is 4.90 Å². The second-order valence-corrected chi connectivity index (χ2v) is 5.63. The third-order valence-electron chi connectivity index (χ3n) is 3.85. The van der Waals surface area contributed by atoms with E-state index in [0.29, 0.717) is 44.4 Å². The number of carbonyl (C=O) groups excluding carboxylic acids is 2. The first-order valence-corrected chi connectivity index (χ1v) is 8.46. The van der Waals surface area contributed by atoms with Crippen LogP contribution in [-0.2, 0) is 9.53 Å². The number of carbonyl (C=O) groups is 2. The largest absolute Gasteiger partial charge is 0.450 e. The molecule has 0 atom stereocenters. The van der Waals surface area contributed by atoms with E-state index < -0.39 is 0 Å². The molecule has 9 heteroatoms. The van der Waals surface area contributed by atoms with Gasteiger partial charge in [0.1, 0.15) is 5.82 Å². The van der Waals surface area contributed by atoms with Crippen molar-refractivity contribution >= 4 is 23.6 Å². The highest BCUT2D eigenvalue weighted by molar-refractivity contribution is 5.95. The molecule has 2 rings (SSSR count). The summed E-state index contributed by atoms with van der Waals surface area (Å²) in [4.78, 5) is 31.5. The SMILES string of the molecule is CCOC(=O)N1CCN(C(=NC)NCC(=O)Nc2ccc(F)cc2)CC1. The normalized spacial score (nSPS) is 14.8. The summed E-state index contributed by atoms with van der Waals surface area (Å²) in [7, 11) is 1.64. The summed E-state index contributed by atoms with van der Waals surface area (Å²) in [5.41, 5.74) is 0.524. The molecule has 8 nitrogen and oxygen atoms in total. The van der Waals surface area contributed by atoms with Crippen LogP contribution in [0, 0.1) is 5.82 Å². The number of piperazine rings is 1.